The summed E-state index contributed by atoms with van der Waals surface area (Å²) in [5, 5.41) is 5.47. The standard InChI is InChI=1S/C20H20N2OS/c1-4-15-6-9-16(10-7-15)18-12-24-20(21-18)22-19(23)17-8-5-13(2)14(3)11-17/h5-12H,4H2,1-3H3,(H,21,22,23). The van der Waals surface area contributed by atoms with Gasteiger partial charge in [0.25, 0.3) is 5.91 Å². The van der Waals surface area contributed by atoms with E-state index in [0.717, 1.165) is 23.2 Å². The van der Waals surface area contributed by atoms with E-state index < -0.39 is 0 Å². The first-order valence-electron chi connectivity index (χ1n) is 8.00. The molecule has 0 aliphatic carbocycles. The third-order valence-electron chi connectivity index (χ3n) is 4.15. The van der Waals surface area contributed by atoms with Crippen molar-refractivity contribution in [3.05, 3.63) is 70.1 Å². The molecule has 0 saturated carbocycles. The first kappa shape index (κ1) is 16.4. The molecule has 0 spiro atoms. The largest absolute Gasteiger partial charge is 0.298 e. The molecule has 0 bridgehead atoms. The molecule has 1 aromatic heterocycles. The Morgan fingerprint density at radius 3 is 2.50 bits per heavy atom. The van der Waals surface area contributed by atoms with Gasteiger partial charge in [-0.1, -0.05) is 37.3 Å². The predicted octanol–water partition coefficient (Wildman–Crippen LogP) is 5.24. The van der Waals surface area contributed by atoms with Crippen molar-refractivity contribution < 1.29 is 4.79 Å². The Balaban J connectivity index is 1.75. The first-order chi connectivity index (χ1) is 11.6. The maximum absolute atomic E-state index is 12.4. The Morgan fingerprint density at radius 2 is 1.83 bits per heavy atom. The van der Waals surface area contributed by atoms with Gasteiger partial charge in [-0.2, -0.15) is 0 Å². The van der Waals surface area contributed by atoms with Gasteiger partial charge >= 0.3 is 0 Å². The van der Waals surface area contributed by atoms with Crippen LogP contribution in [0.2, 0.25) is 0 Å². The molecule has 1 N–H and O–H groups in total. The van der Waals surface area contributed by atoms with Crippen molar-refractivity contribution in [2.75, 3.05) is 5.32 Å². The summed E-state index contributed by atoms with van der Waals surface area (Å²) in [6.45, 7) is 6.18. The van der Waals surface area contributed by atoms with Crippen LogP contribution in [-0.2, 0) is 6.42 Å². The molecule has 0 atom stereocenters. The number of anilines is 1. The zero-order valence-electron chi connectivity index (χ0n) is 14.1. The van der Waals surface area contributed by atoms with Gasteiger partial charge in [-0.15, -0.1) is 11.3 Å². The van der Waals surface area contributed by atoms with Crippen LogP contribution in [0, 0.1) is 13.8 Å². The van der Waals surface area contributed by atoms with Gasteiger partial charge in [0, 0.05) is 16.5 Å². The number of nitrogens with zero attached hydrogens (tertiary/aromatic N) is 1. The molecule has 0 saturated heterocycles. The summed E-state index contributed by atoms with van der Waals surface area (Å²) in [6, 6.07) is 14.1. The average Bonchev–Trinajstić information content (AvgIpc) is 3.06. The molecule has 1 heterocycles. The lowest BCUT2D eigenvalue weighted by atomic mass is 10.1. The number of thiazole rings is 1. The van der Waals surface area contributed by atoms with Crippen LogP contribution < -0.4 is 5.32 Å². The molecule has 122 valence electrons. The highest BCUT2D eigenvalue weighted by molar-refractivity contribution is 7.14. The number of nitrogens with one attached hydrogen (secondary N) is 1. The highest BCUT2D eigenvalue weighted by Crippen LogP contribution is 2.25. The lowest BCUT2D eigenvalue weighted by Crippen LogP contribution is -2.12. The molecular formula is C20H20N2OS. The minimum Gasteiger partial charge on any atom is -0.298 e. The van der Waals surface area contributed by atoms with Crippen LogP contribution in [0.4, 0.5) is 5.13 Å². The van der Waals surface area contributed by atoms with Crippen molar-refractivity contribution in [3.8, 4) is 11.3 Å². The van der Waals surface area contributed by atoms with Crippen molar-refractivity contribution in [1.82, 2.24) is 4.98 Å². The second kappa shape index (κ2) is 6.97. The van der Waals surface area contributed by atoms with E-state index in [9.17, 15) is 4.79 Å². The molecule has 0 fully saturated rings. The smallest absolute Gasteiger partial charge is 0.257 e. The molecule has 2 aromatic carbocycles. The molecule has 4 heteroatoms. The highest BCUT2D eigenvalue weighted by atomic mass is 32.1. The summed E-state index contributed by atoms with van der Waals surface area (Å²) >= 11 is 1.44. The molecule has 3 nitrogen and oxygen atoms in total. The van der Waals surface area contributed by atoms with Crippen molar-refractivity contribution in [2.45, 2.75) is 27.2 Å². The molecule has 3 rings (SSSR count). The highest BCUT2D eigenvalue weighted by Gasteiger charge is 2.10. The summed E-state index contributed by atoms with van der Waals surface area (Å²) in [5.41, 5.74) is 6.20. The van der Waals surface area contributed by atoms with Crippen molar-refractivity contribution >= 4 is 22.4 Å². The summed E-state index contributed by atoms with van der Waals surface area (Å²) in [4.78, 5) is 16.9. The van der Waals surface area contributed by atoms with E-state index in [0.29, 0.717) is 10.7 Å². The Hall–Kier alpha value is -2.46. The minimum absolute atomic E-state index is 0.125. The lowest BCUT2D eigenvalue weighted by molar-refractivity contribution is 0.102. The summed E-state index contributed by atoms with van der Waals surface area (Å²) < 4.78 is 0. The van der Waals surface area contributed by atoms with E-state index in [2.05, 4.69) is 41.5 Å². The number of hydrogen-bond acceptors (Lipinski definition) is 3. The minimum atomic E-state index is -0.125. The fourth-order valence-corrected chi connectivity index (χ4v) is 3.14. The second-order valence-corrected chi connectivity index (χ2v) is 6.70. The number of amides is 1. The van der Waals surface area contributed by atoms with Gasteiger partial charge in [-0.3, -0.25) is 10.1 Å². The first-order valence-corrected chi connectivity index (χ1v) is 8.88. The summed E-state index contributed by atoms with van der Waals surface area (Å²) in [5.74, 6) is -0.125. The SMILES string of the molecule is CCc1ccc(-c2csc(NC(=O)c3ccc(C)c(C)c3)n2)cc1. The number of benzene rings is 2. The zero-order valence-corrected chi connectivity index (χ0v) is 14.9. The van der Waals surface area contributed by atoms with Crippen LogP contribution in [0.5, 0.6) is 0 Å². The summed E-state index contributed by atoms with van der Waals surface area (Å²) in [7, 11) is 0. The van der Waals surface area contributed by atoms with Gasteiger partial charge in [-0.25, -0.2) is 4.98 Å². The second-order valence-electron chi connectivity index (χ2n) is 5.84. The molecule has 1 amide bonds. The van der Waals surface area contributed by atoms with E-state index in [-0.39, 0.29) is 5.91 Å². The van der Waals surface area contributed by atoms with E-state index >= 15 is 0 Å². The van der Waals surface area contributed by atoms with E-state index in [1.165, 1.54) is 22.5 Å². The Morgan fingerprint density at radius 1 is 1.08 bits per heavy atom. The molecule has 0 aliphatic rings. The summed E-state index contributed by atoms with van der Waals surface area (Å²) in [6.07, 6.45) is 1.02. The number of carbonyl (C=O) groups excluding carboxylic acids is 1. The fraction of sp³-hybridized carbons (Fsp3) is 0.200. The van der Waals surface area contributed by atoms with Crippen LogP contribution in [0.3, 0.4) is 0 Å². The van der Waals surface area contributed by atoms with Gasteiger partial charge in [0.05, 0.1) is 5.69 Å². The Kier molecular flexibility index (Phi) is 4.76. The normalized spacial score (nSPS) is 10.6. The maximum atomic E-state index is 12.4. The molecule has 3 aromatic rings. The van der Waals surface area contributed by atoms with Crippen LogP contribution in [0.15, 0.2) is 47.8 Å². The molecule has 0 aliphatic heterocycles. The Labute approximate surface area is 146 Å². The van der Waals surface area contributed by atoms with Gasteiger partial charge < -0.3 is 0 Å². The quantitative estimate of drug-likeness (QED) is 0.708. The van der Waals surface area contributed by atoms with E-state index in [1.807, 2.05) is 37.4 Å². The average molecular weight is 336 g/mol. The van der Waals surface area contributed by atoms with Crippen LogP contribution in [-0.4, -0.2) is 10.9 Å². The van der Waals surface area contributed by atoms with Gasteiger partial charge in [-0.05, 0) is 49.1 Å². The predicted molar refractivity (Wildman–Crippen MR) is 101 cm³/mol. The number of aryl methyl sites for hydroxylation is 3. The number of aromatic nitrogens is 1. The zero-order chi connectivity index (χ0) is 17.1. The molecule has 24 heavy (non-hydrogen) atoms. The Bertz CT molecular complexity index is 866. The number of rotatable bonds is 4. The lowest BCUT2D eigenvalue weighted by Gasteiger charge is -2.05. The molecule has 0 unspecified atom stereocenters. The van der Waals surface area contributed by atoms with Crippen LogP contribution in [0.25, 0.3) is 11.3 Å². The number of hydrogen-bond donors (Lipinski definition) is 1. The van der Waals surface area contributed by atoms with Gasteiger partial charge in [0.15, 0.2) is 5.13 Å². The molecule has 0 radical (unpaired) electrons. The van der Waals surface area contributed by atoms with Gasteiger partial charge in [0.1, 0.15) is 0 Å². The van der Waals surface area contributed by atoms with Crippen molar-refractivity contribution in [1.29, 1.82) is 0 Å². The number of carbonyl (C=O) groups is 1. The third-order valence-corrected chi connectivity index (χ3v) is 4.91. The fourth-order valence-electron chi connectivity index (χ4n) is 2.43. The van der Waals surface area contributed by atoms with Crippen LogP contribution in [0.1, 0.15) is 34.0 Å². The third kappa shape index (κ3) is 3.54. The topological polar surface area (TPSA) is 42.0 Å². The molecular weight excluding hydrogens is 316 g/mol. The maximum Gasteiger partial charge on any atom is 0.257 e. The van der Waals surface area contributed by atoms with E-state index in [4.69, 9.17) is 0 Å². The van der Waals surface area contributed by atoms with E-state index in [1.54, 1.807) is 0 Å². The van der Waals surface area contributed by atoms with Crippen LogP contribution >= 0.6 is 11.3 Å². The van der Waals surface area contributed by atoms with Crippen molar-refractivity contribution in [2.24, 2.45) is 0 Å². The monoisotopic (exact) mass is 336 g/mol. The van der Waals surface area contributed by atoms with Gasteiger partial charge in [0.2, 0.25) is 0 Å². The van der Waals surface area contributed by atoms with Crippen molar-refractivity contribution in [3.63, 3.8) is 0 Å².